The lowest BCUT2D eigenvalue weighted by Crippen LogP contribution is -1.43. The molecule has 0 aromatic heterocycles. The summed E-state index contributed by atoms with van der Waals surface area (Å²) < 4.78 is 31.6. The molecule has 0 atom stereocenters. The largest absolute Gasteiger partial charge is 0.433 e. The topological polar surface area (TPSA) is 17.1 Å². The van der Waals surface area contributed by atoms with E-state index in [-0.39, 0.29) is 5.82 Å². The van der Waals surface area contributed by atoms with E-state index in [4.69, 9.17) is 0 Å². The van der Waals surface area contributed by atoms with Crippen molar-refractivity contribution in [1.82, 2.24) is 0 Å². The van der Waals surface area contributed by atoms with Crippen molar-refractivity contribution in [2.24, 2.45) is 0 Å². The Morgan fingerprint density at radius 1 is 1.71 bits per heavy atom. The minimum atomic E-state index is -4.96. The Labute approximate surface area is 40.0 Å². The second-order valence-electron chi connectivity index (χ2n) is 0.836. The van der Waals surface area contributed by atoms with E-state index in [1.165, 1.54) is 0 Å². The second-order valence-corrected chi connectivity index (χ2v) is 2.10. The maximum Gasteiger partial charge on any atom is 0.433 e. The first-order chi connectivity index (χ1) is 3.06. The van der Waals surface area contributed by atoms with E-state index in [1.54, 1.807) is 5.73 Å². The van der Waals surface area contributed by atoms with Crippen LogP contribution in [0, 0.1) is 0 Å². The monoisotopic (exact) mass is 124 g/mol. The van der Waals surface area contributed by atoms with Crippen LogP contribution in [-0.2, 0) is 4.57 Å². The minimum Gasteiger partial charge on any atom is -0.244 e. The molecule has 0 aliphatic carbocycles. The summed E-state index contributed by atoms with van der Waals surface area (Å²) in [5.41, 5.74) is 1.72. The van der Waals surface area contributed by atoms with Crippen LogP contribution in [0.5, 0.6) is 0 Å². The van der Waals surface area contributed by atoms with Gasteiger partial charge in [-0.2, -0.15) is 0 Å². The van der Waals surface area contributed by atoms with Crippen molar-refractivity contribution in [2.45, 2.75) is 0 Å². The zero-order chi connectivity index (χ0) is 5.91. The number of hydrogen-bond donors (Lipinski definition) is 0. The Bertz CT molecular complexity index is 141. The molecule has 0 aliphatic heterocycles. The van der Waals surface area contributed by atoms with Crippen LogP contribution in [0.1, 0.15) is 0 Å². The molecule has 0 saturated carbocycles. The zero-order valence-corrected chi connectivity index (χ0v) is 4.29. The lowest BCUT2D eigenvalue weighted by atomic mass is 11.0. The lowest BCUT2D eigenvalue weighted by Gasteiger charge is -1.78. The standard InChI is InChI=1S/C3H3F2OP/c1-2-3-7(4,5)6/h3H,1H2. The first-order valence-corrected chi connectivity index (χ1v) is 2.98. The number of halogens is 2. The van der Waals surface area contributed by atoms with Crippen molar-refractivity contribution < 1.29 is 13.0 Å². The predicted molar refractivity (Wildman–Crippen MR) is 23.5 cm³/mol. The van der Waals surface area contributed by atoms with Crippen molar-refractivity contribution in [3.63, 3.8) is 0 Å². The Morgan fingerprint density at radius 3 is 2.14 bits per heavy atom. The SMILES string of the molecule is C=C=CP(=O)(F)F. The Kier molecular flexibility index (Phi) is 1.94. The highest BCUT2D eigenvalue weighted by atomic mass is 31.2. The van der Waals surface area contributed by atoms with E-state index in [1.807, 2.05) is 0 Å². The van der Waals surface area contributed by atoms with E-state index in [9.17, 15) is 13.0 Å². The fourth-order valence-electron chi connectivity index (χ4n) is 0.106. The summed E-state index contributed by atoms with van der Waals surface area (Å²) in [5, 5.41) is 0. The van der Waals surface area contributed by atoms with Gasteiger partial charge in [-0.1, -0.05) is 6.58 Å². The highest BCUT2D eigenvalue weighted by Crippen LogP contribution is 2.49. The highest BCUT2D eigenvalue weighted by Gasteiger charge is 2.10. The molecule has 0 unspecified atom stereocenters. The van der Waals surface area contributed by atoms with Crippen LogP contribution in [0.2, 0.25) is 0 Å². The van der Waals surface area contributed by atoms with Gasteiger partial charge in [-0.15, -0.1) is 14.1 Å². The molecule has 0 heterocycles. The van der Waals surface area contributed by atoms with Crippen molar-refractivity contribution in [3.05, 3.63) is 18.1 Å². The van der Waals surface area contributed by atoms with Gasteiger partial charge in [-0.3, -0.25) is 0 Å². The van der Waals surface area contributed by atoms with Crippen LogP contribution < -0.4 is 0 Å². The Balaban J connectivity index is 4.10. The summed E-state index contributed by atoms with van der Waals surface area (Å²) in [5.74, 6) is 0.174. The molecular weight excluding hydrogens is 121 g/mol. The number of rotatable bonds is 1. The van der Waals surface area contributed by atoms with Gasteiger partial charge in [0, 0.05) is 0 Å². The number of hydrogen-bond acceptors (Lipinski definition) is 1. The third-order valence-corrected chi connectivity index (χ3v) is 0.725. The zero-order valence-electron chi connectivity index (χ0n) is 3.40. The summed E-state index contributed by atoms with van der Waals surface area (Å²) in [6.45, 7) is 2.81. The molecule has 1 nitrogen and oxygen atoms in total. The predicted octanol–water partition coefficient (Wildman–Crippen LogP) is 2.42. The first-order valence-electron chi connectivity index (χ1n) is 1.42. The molecule has 0 amide bonds. The molecular formula is C3H3F2OP. The van der Waals surface area contributed by atoms with Crippen LogP contribution in [0.4, 0.5) is 8.39 Å². The molecule has 0 aliphatic rings. The van der Waals surface area contributed by atoms with Gasteiger partial charge < -0.3 is 0 Å². The van der Waals surface area contributed by atoms with E-state index >= 15 is 0 Å². The van der Waals surface area contributed by atoms with Gasteiger partial charge in [0.2, 0.25) is 0 Å². The third kappa shape index (κ3) is 5.61. The molecule has 0 aromatic carbocycles. The van der Waals surface area contributed by atoms with Crippen LogP contribution in [0.25, 0.3) is 0 Å². The maximum atomic E-state index is 11.1. The summed E-state index contributed by atoms with van der Waals surface area (Å²) in [6, 6.07) is 0. The van der Waals surface area contributed by atoms with Crippen LogP contribution in [0.3, 0.4) is 0 Å². The van der Waals surface area contributed by atoms with E-state index in [0.717, 1.165) is 0 Å². The second kappa shape index (κ2) is 2.06. The molecule has 0 spiro atoms. The van der Waals surface area contributed by atoms with Gasteiger partial charge >= 0.3 is 7.76 Å². The van der Waals surface area contributed by atoms with Crippen molar-refractivity contribution in [1.29, 1.82) is 0 Å². The first kappa shape index (κ1) is 6.61. The molecule has 40 valence electrons. The summed E-state index contributed by atoms with van der Waals surface area (Å²) >= 11 is 0. The van der Waals surface area contributed by atoms with Crippen LogP contribution in [-0.4, -0.2) is 0 Å². The van der Waals surface area contributed by atoms with Gasteiger partial charge in [0.1, 0.15) is 0 Å². The van der Waals surface area contributed by atoms with Crippen molar-refractivity contribution >= 4 is 7.76 Å². The van der Waals surface area contributed by atoms with Crippen LogP contribution in [0.15, 0.2) is 18.1 Å². The average Bonchev–Trinajstić information content (AvgIpc) is 1.30. The Morgan fingerprint density at radius 2 is 2.14 bits per heavy atom. The molecule has 0 bridgehead atoms. The highest BCUT2D eigenvalue weighted by molar-refractivity contribution is 7.56. The average molecular weight is 124 g/mol. The van der Waals surface area contributed by atoms with Gasteiger partial charge in [0.25, 0.3) is 0 Å². The molecule has 0 rings (SSSR count). The van der Waals surface area contributed by atoms with Crippen LogP contribution >= 0.6 is 7.76 Å². The fourth-order valence-corrected chi connectivity index (χ4v) is 0.319. The smallest absolute Gasteiger partial charge is 0.244 e. The van der Waals surface area contributed by atoms with Gasteiger partial charge in [0.15, 0.2) is 0 Å². The normalized spacial score (nSPS) is 10.0. The molecule has 7 heavy (non-hydrogen) atoms. The third-order valence-electron chi connectivity index (χ3n) is 0.242. The molecule has 0 N–H and O–H groups in total. The van der Waals surface area contributed by atoms with E-state index in [0.29, 0.717) is 0 Å². The maximum absolute atomic E-state index is 11.1. The summed E-state index contributed by atoms with van der Waals surface area (Å²) in [4.78, 5) is 0. The molecule has 0 saturated heterocycles. The molecule has 4 heteroatoms. The summed E-state index contributed by atoms with van der Waals surface area (Å²) in [6.07, 6.45) is 0. The quantitative estimate of drug-likeness (QED) is 0.387. The molecule has 0 radical (unpaired) electrons. The minimum absolute atomic E-state index is 0.174. The lowest BCUT2D eigenvalue weighted by molar-refractivity contribution is 0.506. The van der Waals surface area contributed by atoms with Gasteiger partial charge in [0.05, 0.1) is 5.82 Å². The fraction of sp³-hybridized carbons (Fsp3) is 0. The van der Waals surface area contributed by atoms with Crippen molar-refractivity contribution in [2.75, 3.05) is 0 Å². The summed E-state index contributed by atoms with van der Waals surface area (Å²) in [7, 11) is -4.96. The molecule has 0 fully saturated rings. The van der Waals surface area contributed by atoms with E-state index < -0.39 is 7.76 Å². The van der Waals surface area contributed by atoms with Gasteiger partial charge in [-0.05, 0) is 0 Å². The molecule has 0 aromatic rings. The van der Waals surface area contributed by atoms with E-state index in [2.05, 4.69) is 6.58 Å². The van der Waals surface area contributed by atoms with Crippen molar-refractivity contribution in [3.8, 4) is 0 Å². The Hall–Kier alpha value is -0.390. The van der Waals surface area contributed by atoms with Gasteiger partial charge in [-0.25, -0.2) is 4.57 Å².